The molecule has 0 bridgehead atoms. The van der Waals surface area contributed by atoms with Crippen LogP contribution in [-0.4, -0.2) is 42.9 Å². The fraction of sp³-hybridized carbons (Fsp3) is 0.929. The summed E-state index contributed by atoms with van der Waals surface area (Å²) >= 11 is 0. The van der Waals surface area contributed by atoms with E-state index in [1.807, 2.05) is 13.8 Å². The molecule has 1 amide bonds. The lowest BCUT2D eigenvalue weighted by atomic mass is 9.96. The van der Waals surface area contributed by atoms with E-state index in [2.05, 4.69) is 5.32 Å². The van der Waals surface area contributed by atoms with E-state index in [9.17, 15) is 4.79 Å². The second-order valence-electron chi connectivity index (χ2n) is 5.84. The zero-order valence-electron chi connectivity index (χ0n) is 12.0. The molecule has 2 aliphatic carbocycles. The van der Waals surface area contributed by atoms with Crippen molar-refractivity contribution in [1.29, 1.82) is 0 Å². The third-order valence-electron chi connectivity index (χ3n) is 3.98. The molecule has 3 atom stereocenters. The lowest BCUT2D eigenvalue weighted by Gasteiger charge is -2.27. The van der Waals surface area contributed by atoms with Gasteiger partial charge in [0.1, 0.15) is 5.54 Å². The van der Waals surface area contributed by atoms with E-state index < -0.39 is 5.54 Å². The van der Waals surface area contributed by atoms with Crippen LogP contribution in [0.1, 0.15) is 46.0 Å². The van der Waals surface area contributed by atoms with Gasteiger partial charge >= 0.3 is 0 Å². The van der Waals surface area contributed by atoms with Crippen molar-refractivity contribution in [3.05, 3.63) is 0 Å². The lowest BCUT2D eigenvalue weighted by Crippen LogP contribution is -2.55. The molecular formula is C14H26N2O3. The van der Waals surface area contributed by atoms with Gasteiger partial charge in [-0.3, -0.25) is 4.79 Å². The molecular weight excluding hydrogens is 244 g/mol. The molecule has 3 unspecified atom stereocenters. The van der Waals surface area contributed by atoms with Crippen molar-refractivity contribution in [1.82, 2.24) is 5.32 Å². The summed E-state index contributed by atoms with van der Waals surface area (Å²) in [5.74, 6) is -0.233. The van der Waals surface area contributed by atoms with Gasteiger partial charge in [-0.2, -0.15) is 0 Å². The Morgan fingerprint density at radius 1 is 1.47 bits per heavy atom. The van der Waals surface area contributed by atoms with Gasteiger partial charge < -0.3 is 20.5 Å². The number of primary amides is 1. The summed E-state index contributed by atoms with van der Waals surface area (Å²) in [6, 6.07) is 0.479. The molecule has 5 heteroatoms. The zero-order chi connectivity index (χ0) is 13.9. The number of ether oxygens (including phenoxy) is 2. The largest absolute Gasteiger partial charge is 0.379 e. The average molecular weight is 270 g/mol. The molecule has 2 saturated carbocycles. The first-order chi connectivity index (χ1) is 9.05. The van der Waals surface area contributed by atoms with E-state index in [0.717, 1.165) is 25.7 Å². The molecule has 3 N–H and O–H groups in total. The quantitative estimate of drug-likeness (QED) is 0.689. The number of nitrogens with one attached hydrogen (secondary N) is 1. The van der Waals surface area contributed by atoms with Crippen molar-refractivity contribution in [3.8, 4) is 0 Å². The van der Waals surface area contributed by atoms with Crippen LogP contribution >= 0.6 is 0 Å². The van der Waals surface area contributed by atoms with Crippen LogP contribution in [0.5, 0.6) is 0 Å². The van der Waals surface area contributed by atoms with Crippen LogP contribution in [0.4, 0.5) is 0 Å². The van der Waals surface area contributed by atoms with Crippen LogP contribution in [0.3, 0.4) is 0 Å². The second-order valence-corrected chi connectivity index (χ2v) is 5.84. The monoisotopic (exact) mass is 270 g/mol. The zero-order valence-corrected chi connectivity index (χ0v) is 12.0. The number of nitrogens with two attached hydrogens (primary N) is 1. The maximum Gasteiger partial charge on any atom is 0.237 e. The van der Waals surface area contributed by atoms with Crippen LogP contribution in [0, 0.1) is 0 Å². The number of amides is 1. The Bertz CT molecular complexity index is 320. The predicted molar refractivity (Wildman–Crippen MR) is 72.8 cm³/mol. The molecule has 2 fully saturated rings. The highest BCUT2D eigenvalue weighted by atomic mass is 16.5. The maximum atomic E-state index is 11.8. The standard InChI is InChI=1S/C14H26N2O3/c1-3-18-9-10(2)19-12-6-7-14(8-12,13(15)17)16-11-4-5-11/h10-12,16H,3-9H2,1-2H3,(H2,15,17). The highest BCUT2D eigenvalue weighted by Crippen LogP contribution is 2.35. The van der Waals surface area contributed by atoms with Gasteiger partial charge in [0.05, 0.1) is 18.8 Å². The van der Waals surface area contributed by atoms with Gasteiger partial charge in [0.25, 0.3) is 0 Å². The molecule has 0 aromatic rings. The topological polar surface area (TPSA) is 73.6 Å². The third-order valence-corrected chi connectivity index (χ3v) is 3.98. The maximum absolute atomic E-state index is 11.8. The first-order valence-corrected chi connectivity index (χ1v) is 7.36. The van der Waals surface area contributed by atoms with E-state index in [0.29, 0.717) is 25.7 Å². The molecule has 0 heterocycles. The Balaban J connectivity index is 1.83. The van der Waals surface area contributed by atoms with Gasteiger partial charge in [-0.15, -0.1) is 0 Å². The van der Waals surface area contributed by atoms with Gasteiger partial charge in [0, 0.05) is 19.1 Å². The van der Waals surface area contributed by atoms with Crippen molar-refractivity contribution in [3.63, 3.8) is 0 Å². The number of carbonyl (C=O) groups excluding carboxylic acids is 1. The van der Waals surface area contributed by atoms with E-state index in [1.165, 1.54) is 0 Å². The van der Waals surface area contributed by atoms with Gasteiger partial charge in [-0.1, -0.05) is 0 Å². The minimum absolute atomic E-state index is 0.0644. The molecule has 0 aromatic carbocycles. The van der Waals surface area contributed by atoms with Crippen LogP contribution in [0.15, 0.2) is 0 Å². The van der Waals surface area contributed by atoms with E-state index in [4.69, 9.17) is 15.2 Å². The van der Waals surface area contributed by atoms with Gasteiger partial charge in [-0.05, 0) is 39.5 Å². The number of hydrogen-bond donors (Lipinski definition) is 2. The van der Waals surface area contributed by atoms with Crippen molar-refractivity contribution in [2.24, 2.45) is 5.73 Å². The smallest absolute Gasteiger partial charge is 0.237 e. The molecule has 19 heavy (non-hydrogen) atoms. The molecule has 0 aliphatic heterocycles. The molecule has 0 spiro atoms. The highest BCUT2D eigenvalue weighted by molar-refractivity contribution is 5.85. The van der Waals surface area contributed by atoms with E-state index >= 15 is 0 Å². The van der Waals surface area contributed by atoms with Crippen molar-refractivity contribution in [2.45, 2.75) is 69.7 Å². The van der Waals surface area contributed by atoms with Crippen molar-refractivity contribution in [2.75, 3.05) is 13.2 Å². The predicted octanol–water partition coefficient (Wildman–Crippen LogP) is 0.957. The second kappa shape index (κ2) is 6.20. The van der Waals surface area contributed by atoms with Gasteiger partial charge in [-0.25, -0.2) is 0 Å². The fourth-order valence-electron chi connectivity index (χ4n) is 2.81. The summed E-state index contributed by atoms with van der Waals surface area (Å²) in [5, 5.41) is 3.43. The summed E-state index contributed by atoms with van der Waals surface area (Å²) in [4.78, 5) is 11.8. The Morgan fingerprint density at radius 3 is 2.79 bits per heavy atom. The Labute approximate surface area is 115 Å². The SMILES string of the molecule is CCOCC(C)OC1CCC(NC2CC2)(C(N)=O)C1. The Morgan fingerprint density at radius 2 is 2.21 bits per heavy atom. The van der Waals surface area contributed by atoms with Crippen molar-refractivity contribution < 1.29 is 14.3 Å². The molecule has 0 aromatic heterocycles. The first-order valence-electron chi connectivity index (χ1n) is 7.36. The summed E-state index contributed by atoms with van der Waals surface area (Å²) < 4.78 is 11.3. The molecule has 0 radical (unpaired) electrons. The molecule has 110 valence electrons. The first kappa shape index (κ1) is 14.8. The van der Waals surface area contributed by atoms with E-state index in [-0.39, 0.29) is 18.1 Å². The molecule has 2 aliphatic rings. The lowest BCUT2D eigenvalue weighted by molar-refractivity contribution is -0.125. The fourth-order valence-corrected chi connectivity index (χ4v) is 2.81. The number of carbonyl (C=O) groups is 1. The minimum Gasteiger partial charge on any atom is -0.379 e. The Kier molecular flexibility index (Phi) is 4.81. The van der Waals surface area contributed by atoms with Crippen LogP contribution in [0.25, 0.3) is 0 Å². The van der Waals surface area contributed by atoms with Crippen LogP contribution < -0.4 is 11.1 Å². The van der Waals surface area contributed by atoms with Crippen LogP contribution in [-0.2, 0) is 14.3 Å². The highest BCUT2D eigenvalue weighted by Gasteiger charge is 2.47. The number of rotatable bonds is 8. The summed E-state index contributed by atoms with van der Waals surface area (Å²) in [7, 11) is 0. The third kappa shape index (κ3) is 3.91. The van der Waals surface area contributed by atoms with Crippen molar-refractivity contribution >= 4 is 5.91 Å². The minimum atomic E-state index is -0.544. The molecule has 0 saturated heterocycles. The average Bonchev–Trinajstić information content (AvgIpc) is 3.07. The van der Waals surface area contributed by atoms with Gasteiger partial charge in [0.2, 0.25) is 5.91 Å². The normalized spacial score (nSPS) is 32.4. The number of hydrogen-bond acceptors (Lipinski definition) is 4. The van der Waals surface area contributed by atoms with Crippen LogP contribution in [0.2, 0.25) is 0 Å². The molecule has 5 nitrogen and oxygen atoms in total. The van der Waals surface area contributed by atoms with Gasteiger partial charge in [0.15, 0.2) is 0 Å². The molecule has 2 rings (SSSR count). The summed E-state index contributed by atoms with van der Waals surface area (Å²) in [6.45, 7) is 5.29. The van der Waals surface area contributed by atoms with E-state index in [1.54, 1.807) is 0 Å². The summed E-state index contributed by atoms with van der Waals surface area (Å²) in [6.07, 6.45) is 4.84. The summed E-state index contributed by atoms with van der Waals surface area (Å²) in [5.41, 5.74) is 5.06. The Hall–Kier alpha value is -0.650.